The Morgan fingerprint density at radius 1 is 1.55 bits per heavy atom. The van der Waals surface area contributed by atoms with E-state index < -0.39 is 0 Å². The summed E-state index contributed by atoms with van der Waals surface area (Å²) >= 11 is 1.56. The number of nitrogens with zero attached hydrogens (tertiary/aromatic N) is 4. The Kier molecular flexibility index (Phi) is 3.28. The molecule has 0 radical (unpaired) electrons. The van der Waals surface area contributed by atoms with Gasteiger partial charge in [-0.1, -0.05) is 18.7 Å². The topological polar surface area (TPSA) is 71.6 Å². The number of aromatic nitrogens is 3. The van der Waals surface area contributed by atoms with Gasteiger partial charge in [0.25, 0.3) is 5.56 Å². The fraction of sp³-hybridized carbons (Fsp3) is 0.286. The van der Waals surface area contributed by atoms with Crippen molar-refractivity contribution < 1.29 is 0 Å². The number of pyridine rings is 1. The van der Waals surface area contributed by atoms with Gasteiger partial charge in [-0.25, -0.2) is 4.98 Å². The van der Waals surface area contributed by atoms with Crippen molar-refractivity contribution in [1.29, 1.82) is 5.26 Å². The maximum absolute atomic E-state index is 12.5. The van der Waals surface area contributed by atoms with Gasteiger partial charge in [0, 0.05) is 30.3 Å². The Bertz CT molecular complexity index is 748. The molecule has 0 aliphatic carbocycles. The molecule has 1 aliphatic rings. The summed E-state index contributed by atoms with van der Waals surface area (Å²) in [7, 11) is 0. The van der Waals surface area contributed by atoms with Crippen LogP contribution in [0.2, 0.25) is 0 Å². The number of fused-ring (bicyclic) bond motifs is 1. The molecule has 2 aromatic heterocycles. The van der Waals surface area contributed by atoms with Gasteiger partial charge in [-0.2, -0.15) is 5.26 Å². The molecule has 6 heteroatoms. The molecule has 1 unspecified atom stereocenters. The van der Waals surface area contributed by atoms with Gasteiger partial charge >= 0.3 is 0 Å². The molecule has 0 saturated heterocycles. The highest BCUT2D eigenvalue weighted by Gasteiger charge is 2.23. The zero-order chi connectivity index (χ0) is 14.1. The third-order valence-electron chi connectivity index (χ3n) is 3.17. The molecule has 20 heavy (non-hydrogen) atoms. The molecule has 0 N–H and O–H groups in total. The van der Waals surface area contributed by atoms with Crippen LogP contribution in [-0.2, 0) is 6.54 Å². The third-order valence-corrected chi connectivity index (χ3v) is 4.48. The average molecular weight is 284 g/mol. The first-order valence-corrected chi connectivity index (χ1v) is 7.27. The second kappa shape index (κ2) is 5.10. The predicted octanol–water partition coefficient (Wildman–Crippen LogP) is 1.92. The molecule has 0 saturated carbocycles. The molecule has 0 bridgehead atoms. The van der Waals surface area contributed by atoms with Crippen LogP contribution in [0.5, 0.6) is 0 Å². The fourth-order valence-electron chi connectivity index (χ4n) is 2.20. The van der Waals surface area contributed by atoms with E-state index >= 15 is 0 Å². The van der Waals surface area contributed by atoms with E-state index in [0.717, 1.165) is 5.75 Å². The van der Waals surface area contributed by atoms with Crippen molar-refractivity contribution in [2.24, 2.45) is 5.92 Å². The lowest BCUT2D eigenvalue weighted by molar-refractivity contribution is 0.460. The molecule has 1 atom stereocenters. The second-order valence-corrected chi connectivity index (χ2v) is 5.79. The van der Waals surface area contributed by atoms with Gasteiger partial charge < -0.3 is 0 Å². The lowest BCUT2D eigenvalue weighted by Gasteiger charge is -2.22. The normalized spacial score (nSPS) is 17.3. The SMILES string of the molecule is CC1CSc2nc(-c3cccnc3)c(C#N)c(=O)n2C1. The molecule has 100 valence electrons. The van der Waals surface area contributed by atoms with E-state index in [4.69, 9.17) is 0 Å². The van der Waals surface area contributed by atoms with E-state index in [1.807, 2.05) is 12.1 Å². The first-order chi connectivity index (χ1) is 9.70. The predicted molar refractivity (Wildman–Crippen MR) is 76.3 cm³/mol. The van der Waals surface area contributed by atoms with E-state index in [-0.39, 0.29) is 11.1 Å². The van der Waals surface area contributed by atoms with Gasteiger partial charge in [0.05, 0.1) is 5.69 Å². The number of nitriles is 1. The molecular weight excluding hydrogens is 272 g/mol. The van der Waals surface area contributed by atoms with Crippen molar-refractivity contribution in [2.45, 2.75) is 18.6 Å². The van der Waals surface area contributed by atoms with Crippen molar-refractivity contribution >= 4 is 11.8 Å². The zero-order valence-corrected chi connectivity index (χ0v) is 11.7. The number of rotatable bonds is 1. The van der Waals surface area contributed by atoms with E-state index in [1.165, 1.54) is 0 Å². The minimum atomic E-state index is -0.254. The van der Waals surface area contributed by atoms with Crippen molar-refractivity contribution in [1.82, 2.24) is 14.5 Å². The molecule has 0 amide bonds. The standard InChI is InChI=1S/C14H12N4OS/c1-9-7-18-13(19)11(5-15)12(17-14(18)20-8-9)10-3-2-4-16-6-10/h2-4,6,9H,7-8H2,1H3. The van der Waals surface area contributed by atoms with Crippen LogP contribution in [0.3, 0.4) is 0 Å². The lowest BCUT2D eigenvalue weighted by atomic mass is 10.1. The minimum Gasteiger partial charge on any atom is -0.286 e. The second-order valence-electron chi connectivity index (χ2n) is 4.80. The lowest BCUT2D eigenvalue weighted by Crippen LogP contribution is -2.32. The molecule has 0 aromatic carbocycles. The van der Waals surface area contributed by atoms with Crippen LogP contribution in [0.25, 0.3) is 11.3 Å². The molecule has 5 nitrogen and oxygen atoms in total. The van der Waals surface area contributed by atoms with Crippen LogP contribution >= 0.6 is 11.8 Å². The van der Waals surface area contributed by atoms with Crippen LogP contribution in [0.4, 0.5) is 0 Å². The summed E-state index contributed by atoms with van der Waals surface area (Å²) in [6, 6.07) is 5.57. The van der Waals surface area contributed by atoms with Crippen molar-refractivity contribution in [3.63, 3.8) is 0 Å². The maximum atomic E-state index is 12.5. The smallest absolute Gasteiger partial charge is 0.272 e. The molecule has 3 heterocycles. The first-order valence-electron chi connectivity index (χ1n) is 6.29. The van der Waals surface area contributed by atoms with Gasteiger partial charge in [0.2, 0.25) is 0 Å². The Balaban J connectivity index is 2.25. The Labute approximate surface area is 120 Å². The molecule has 3 rings (SSSR count). The molecule has 2 aromatic rings. The number of hydrogen-bond acceptors (Lipinski definition) is 5. The van der Waals surface area contributed by atoms with Crippen molar-refractivity contribution in [3.05, 3.63) is 40.4 Å². The van der Waals surface area contributed by atoms with Gasteiger partial charge in [0.1, 0.15) is 11.6 Å². The summed E-state index contributed by atoms with van der Waals surface area (Å²) in [5.41, 5.74) is 0.967. The quantitative estimate of drug-likeness (QED) is 0.748. The highest BCUT2D eigenvalue weighted by atomic mass is 32.2. The number of hydrogen-bond donors (Lipinski definition) is 0. The van der Waals surface area contributed by atoms with Crippen molar-refractivity contribution in [3.8, 4) is 17.3 Å². The average Bonchev–Trinajstić information content (AvgIpc) is 2.48. The summed E-state index contributed by atoms with van der Waals surface area (Å²) < 4.78 is 1.61. The number of thioether (sulfide) groups is 1. The van der Waals surface area contributed by atoms with Crippen molar-refractivity contribution in [2.75, 3.05) is 5.75 Å². The third kappa shape index (κ3) is 2.10. The molecule has 0 spiro atoms. The van der Waals surface area contributed by atoms with E-state index in [1.54, 1.807) is 34.8 Å². The van der Waals surface area contributed by atoms with Gasteiger partial charge in [-0.05, 0) is 18.1 Å². The molecular formula is C14H12N4OS. The fourth-order valence-corrected chi connectivity index (χ4v) is 3.21. The zero-order valence-electron chi connectivity index (χ0n) is 10.9. The van der Waals surface area contributed by atoms with Crippen LogP contribution in [0, 0.1) is 17.2 Å². The summed E-state index contributed by atoms with van der Waals surface area (Å²) in [5, 5.41) is 9.98. The highest BCUT2D eigenvalue weighted by molar-refractivity contribution is 7.99. The molecule has 0 fully saturated rings. The van der Waals surface area contributed by atoms with E-state index in [0.29, 0.717) is 28.9 Å². The summed E-state index contributed by atoms with van der Waals surface area (Å²) in [6.45, 7) is 2.71. The Morgan fingerprint density at radius 2 is 2.40 bits per heavy atom. The Morgan fingerprint density at radius 3 is 3.10 bits per heavy atom. The van der Waals surface area contributed by atoms with Gasteiger partial charge in [0.15, 0.2) is 5.16 Å². The molecule has 1 aliphatic heterocycles. The summed E-state index contributed by atoms with van der Waals surface area (Å²) in [5.74, 6) is 1.34. The minimum absolute atomic E-state index is 0.0939. The summed E-state index contributed by atoms with van der Waals surface area (Å²) in [4.78, 5) is 21.0. The van der Waals surface area contributed by atoms with Crippen LogP contribution < -0.4 is 5.56 Å². The Hall–Kier alpha value is -2.13. The van der Waals surface area contributed by atoms with E-state index in [9.17, 15) is 10.1 Å². The van der Waals surface area contributed by atoms with Gasteiger partial charge in [-0.3, -0.25) is 14.3 Å². The van der Waals surface area contributed by atoms with Crippen LogP contribution in [0.15, 0.2) is 34.5 Å². The van der Waals surface area contributed by atoms with Gasteiger partial charge in [-0.15, -0.1) is 0 Å². The summed E-state index contributed by atoms with van der Waals surface area (Å²) in [6.07, 6.45) is 3.27. The first kappa shape index (κ1) is 12.9. The van der Waals surface area contributed by atoms with Crippen LogP contribution in [0.1, 0.15) is 12.5 Å². The highest BCUT2D eigenvalue weighted by Crippen LogP contribution is 2.28. The largest absolute Gasteiger partial charge is 0.286 e. The van der Waals surface area contributed by atoms with E-state index in [2.05, 4.69) is 16.9 Å². The maximum Gasteiger partial charge on any atom is 0.272 e. The van der Waals surface area contributed by atoms with Crippen LogP contribution in [-0.4, -0.2) is 20.3 Å². The monoisotopic (exact) mass is 284 g/mol.